The molecule has 0 aliphatic carbocycles. The van der Waals surface area contributed by atoms with Crippen LogP contribution in [0.3, 0.4) is 0 Å². The van der Waals surface area contributed by atoms with Crippen LogP contribution in [0, 0.1) is 0 Å². The maximum atomic E-state index is 12.2. The lowest BCUT2D eigenvalue weighted by Gasteiger charge is -2.13. The first kappa shape index (κ1) is 16.3. The SMILES string of the molecule is Cn1c2c(c3ccc(Nc4cccc(OCCF)n4)nc31)C(=O)NCC2. The van der Waals surface area contributed by atoms with Crippen LogP contribution in [0.5, 0.6) is 5.88 Å². The minimum atomic E-state index is -0.566. The Labute approximate surface area is 149 Å². The van der Waals surface area contributed by atoms with E-state index < -0.39 is 6.67 Å². The monoisotopic (exact) mass is 355 g/mol. The highest BCUT2D eigenvalue weighted by molar-refractivity contribution is 6.08. The number of aryl methyl sites for hydroxylation is 1. The van der Waals surface area contributed by atoms with Gasteiger partial charge in [-0.05, 0) is 18.2 Å². The maximum absolute atomic E-state index is 12.2. The minimum Gasteiger partial charge on any atom is -0.475 e. The van der Waals surface area contributed by atoms with Crippen LogP contribution in [0.4, 0.5) is 16.0 Å². The second kappa shape index (κ2) is 6.62. The highest BCUT2D eigenvalue weighted by atomic mass is 19.1. The predicted octanol–water partition coefficient (Wildman–Crippen LogP) is 2.35. The van der Waals surface area contributed by atoms with Crippen LogP contribution in [0.25, 0.3) is 11.0 Å². The zero-order valence-corrected chi connectivity index (χ0v) is 14.3. The van der Waals surface area contributed by atoms with E-state index in [4.69, 9.17) is 4.74 Å². The second-order valence-corrected chi connectivity index (χ2v) is 5.98. The van der Waals surface area contributed by atoms with E-state index in [0.717, 1.165) is 23.1 Å². The van der Waals surface area contributed by atoms with Gasteiger partial charge in [0.25, 0.3) is 5.91 Å². The number of nitrogens with zero attached hydrogens (tertiary/aromatic N) is 3. The molecule has 0 atom stereocenters. The standard InChI is InChI=1S/C18H18FN5O2/c1-24-12-7-9-20-18(25)16(12)11-5-6-14(23-17(11)24)21-13-3-2-4-15(22-13)26-10-8-19/h2-6H,7-10H2,1H3,(H,20,25)(H,21,22,23). The molecule has 1 amide bonds. The molecule has 1 aliphatic rings. The molecule has 0 fully saturated rings. The smallest absolute Gasteiger partial charge is 0.253 e. The fourth-order valence-corrected chi connectivity index (χ4v) is 3.19. The van der Waals surface area contributed by atoms with Gasteiger partial charge in [0.05, 0.1) is 5.56 Å². The van der Waals surface area contributed by atoms with Crippen LogP contribution >= 0.6 is 0 Å². The molecule has 0 aromatic carbocycles. The summed E-state index contributed by atoms with van der Waals surface area (Å²) in [7, 11) is 1.92. The summed E-state index contributed by atoms with van der Waals surface area (Å²) in [5, 5.41) is 6.83. The van der Waals surface area contributed by atoms with Crippen molar-refractivity contribution >= 4 is 28.6 Å². The van der Waals surface area contributed by atoms with Crippen molar-refractivity contribution in [1.29, 1.82) is 0 Å². The van der Waals surface area contributed by atoms with Crippen LogP contribution < -0.4 is 15.4 Å². The first-order valence-corrected chi connectivity index (χ1v) is 8.36. The van der Waals surface area contributed by atoms with Gasteiger partial charge in [-0.25, -0.2) is 9.37 Å². The molecular formula is C18H18FN5O2. The van der Waals surface area contributed by atoms with Gasteiger partial charge in [0.1, 0.15) is 30.6 Å². The third-order valence-electron chi connectivity index (χ3n) is 4.34. The van der Waals surface area contributed by atoms with Gasteiger partial charge < -0.3 is 19.9 Å². The minimum absolute atomic E-state index is 0.0301. The summed E-state index contributed by atoms with van der Waals surface area (Å²) in [6.07, 6.45) is 0.784. The third kappa shape index (κ3) is 2.83. The number of hydrogen-bond donors (Lipinski definition) is 2. The number of amides is 1. The van der Waals surface area contributed by atoms with E-state index in [1.807, 2.05) is 17.7 Å². The molecule has 0 unspecified atom stereocenters. The molecule has 2 N–H and O–H groups in total. The lowest BCUT2D eigenvalue weighted by Crippen LogP contribution is -2.32. The van der Waals surface area contributed by atoms with Gasteiger partial charge in [-0.2, -0.15) is 4.98 Å². The largest absolute Gasteiger partial charge is 0.475 e. The van der Waals surface area contributed by atoms with Crippen molar-refractivity contribution in [2.75, 3.05) is 25.1 Å². The number of alkyl halides is 1. The van der Waals surface area contributed by atoms with E-state index in [2.05, 4.69) is 20.6 Å². The number of rotatable bonds is 5. The molecule has 3 aromatic heterocycles. The molecule has 134 valence electrons. The third-order valence-corrected chi connectivity index (χ3v) is 4.34. The van der Waals surface area contributed by atoms with Gasteiger partial charge in [-0.15, -0.1) is 0 Å². The number of ether oxygens (including phenoxy) is 1. The molecule has 4 heterocycles. The molecule has 0 saturated carbocycles. The molecule has 26 heavy (non-hydrogen) atoms. The summed E-state index contributed by atoms with van der Waals surface area (Å²) in [5.74, 6) is 1.44. The van der Waals surface area contributed by atoms with Crippen LogP contribution in [0.2, 0.25) is 0 Å². The zero-order chi connectivity index (χ0) is 18.1. The summed E-state index contributed by atoms with van der Waals surface area (Å²) >= 11 is 0. The summed E-state index contributed by atoms with van der Waals surface area (Å²) in [4.78, 5) is 21.1. The molecule has 0 saturated heterocycles. The van der Waals surface area contributed by atoms with Crippen molar-refractivity contribution in [2.24, 2.45) is 7.05 Å². The normalized spacial score (nSPS) is 13.4. The highest BCUT2D eigenvalue weighted by Crippen LogP contribution is 2.28. The lowest BCUT2D eigenvalue weighted by molar-refractivity contribution is 0.0947. The Kier molecular flexibility index (Phi) is 4.16. The van der Waals surface area contributed by atoms with E-state index in [9.17, 15) is 9.18 Å². The lowest BCUT2D eigenvalue weighted by atomic mass is 10.1. The number of hydrogen-bond acceptors (Lipinski definition) is 5. The number of carbonyl (C=O) groups excluding carboxylic acids is 1. The molecular weight excluding hydrogens is 337 g/mol. The van der Waals surface area contributed by atoms with E-state index in [-0.39, 0.29) is 12.5 Å². The molecule has 1 aliphatic heterocycles. The van der Waals surface area contributed by atoms with Crippen molar-refractivity contribution in [3.8, 4) is 5.88 Å². The quantitative estimate of drug-likeness (QED) is 0.734. The summed E-state index contributed by atoms with van der Waals surface area (Å²) in [6, 6.07) is 8.91. The van der Waals surface area contributed by atoms with Gasteiger partial charge in [0.15, 0.2) is 0 Å². The van der Waals surface area contributed by atoms with Crippen molar-refractivity contribution < 1.29 is 13.9 Å². The van der Waals surface area contributed by atoms with Gasteiger partial charge in [-0.1, -0.05) is 6.07 Å². The first-order chi connectivity index (χ1) is 12.7. The van der Waals surface area contributed by atoms with Crippen molar-refractivity contribution in [2.45, 2.75) is 6.42 Å². The fourth-order valence-electron chi connectivity index (χ4n) is 3.19. The Morgan fingerprint density at radius 2 is 2.12 bits per heavy atom. The average Bonchev–Trinajstić information content (AvgIpc) is 2.94. The number of pyridine rings is 2. The molecule has 3 aromatic rings. The van der Waals surface area contributed by atoms with E-state index in [1.54, 1.807) is 24.3 Å². The van der Waals surface area contributed by atoms with Crippen LogP contribution in [-0.4, -0.2) is 40.3 Å². The summed E-state index contributed by atoms with van der Waals surface area (Å²) < 4.78 is 19.4. The van der Waals surface area contributed by atoms with Gasteiger partial charge in [-0.3, -0.25) is 4.79 Å². The molecule has 0 spiro atoms. The molecule has 8 heteroatoms. The van der Waals surface area contributed by atoms with Crippen LogP contribution in [0.15, 0.2) is 30.3 Å². The second-order valence-electron chi connectivity index (χ2n) is 5.98. The van der Waals surface area contributed by atoms with E-state index in [0.29, 0.717) is 29.6 Å². The van der Waals surface area contributed by atoms with Crippen molar-refractivity contribution in [3.63, 3.8) is 0 Å². The molecule has 0 bridgehead atoms. The number of fused-ring (bicyclic) bond motifs is 3. The van der Waals surface area contributed by atoms with Crippen LogP contribution in [-0.2, 0) is 13.5 Å². The van der Waals surface area contributed by atoms with E-state index >= 15 is 0 Å². The molecule has 4 rings (SSSR count). The Hall–Kier alpha value is -3.16. The number of carbonyl (C=O) groups is 1. The Bertz CT molecular complexity index is 985. The zero-order valence-electron chi connectivity index (χ0n) is 14.3. The topological polar surface area (TPSA) is 81.1 Å². The Morgan fingerprint density at radius 3 is 2.96 bits per heavy atom. The van der Waals surface area contributed by atoms with Crippen molar-refractivity contribution in [3.05, 3.63) is 41.6 Å². The number of anilines is 2. The van der Waals surface area contributed by atoms with E-state index in [1.165, 1.54) is 0 Å². The van der Waals surface area contributed by atoms with Crippen molar-refractivity contribution in [1.82, 2.24) is 19.9 Å². The summed E-state index contributed by atoms with van der Waals surface area (Å²) in [6.45, 7) is 0.0393. The number of halogens is 1. The number of nitrogens with one attached hydrogen (secondary N) is 2. The van der Waals surface area contributed by atoms with Gasteiger partial charge >= 0.3 is 0 Å². The predicted molar refractivity (Wildman–Crippen MR) is 95.7 cm³/mol. The first-order valence-electron chi connectivity index (χ1n) is 8.36. The molecule has 7 nitrogen and oxygen atoms in total. The Morgan fingerprint density at radius 1 is 1.27 bits per heavy atom. The van der Waals surface area contributed by atoms with Gasteiger partial charge in [0.2, 0.25) is 5.88 Å². The molecule has 0 radical (unpaired) electrons. The highest BCUT2D eigenvalue weighted by Gasteiger charge is 2.25. The fraction of sp³-hybridized carbons (Fsp3) is 0.278. The summed E-state index contributed by atoms with van der Waals surface area (Å²) in [5.41, 5.74) is 2.43. The Balaban J connectivity index is 1.66. The maximum Gasteiger partial charge on any atom is 0.253 e. The number of aromatic nitrogens is 3. The average molecular weight is 355 g/mol. The van der Waals surface area contributed by atoms with Gasteiger partial charge in [0, 0.05) is 37.2 Å². The van der Waals surface area contributed by atoms with Crippen LogP contribution in [0.1, 0.15) is 16.1 Å².